The molecule has 90 valence electrons. The van der Waals surface area contributed by atoms with Crippen LogP contribution >= 0.6 is 50.5 Å². The predicted molar refractivity (Wildman–Crippen MR) is 80.6 cm³/mol. The molecule has 0 N–H and O–H groups in total. The number of benzene rings is 1. The van der Waals surface area contributed by atoms with E-state index in [1.165, 1.54) is 22.5 Å². The minimum absolute atomic E-state index is 0.136. The third-order valence-corrected chi connectivity index (χ3v) is 5.89. The first-order chi connectivity index (χ1) is 7.99. The standard InChI is InChI=1S/C13H11BrCl2S/c1-7-3-4-9(5-8(7)2)12(15)11-6-10(14)13(16)17-11/h3-6,12H,1-2H3. The van der Waals surface area contributed by atoms with Gasteiger partial charge in [-0.15, -0.1) is 22.9 Å². The zero-order valence-electron chi connectivity index (χ0n) is 9.43. The zero-order chi connectivity index (χ0) is 12.6. The van der Waals surface area contributed by atoms with E-state index in [-0.39, 0.29) is 5.38 Å². The second-order valence-corrected chi connectivity index (χ2v) is 6.95. The molecule has 1 atom stereocenters. The normalized spacial score (nSPS) is 12.8. The van der Waals surface area contributed by atoms with Gasteiger partial charge in [0, 0.05) is 9.35 Å². The Morgan fingerprint density at radius 3 is 2.41 bits per heavy atom. The van der Waals surface area contributed by atoms with E-state index in [0.717, 1.165) is 19.2 Å². The maximum absolute atomic E-state index is 6.47. The molecule has 4 heteroatoms. The molecule has 0 saturated carbocycles. The van der Waals surface area contributed by atoms with Crippen LogP contribution in [-0.4, -0.2) is 0 Å². The number of alkyl halides is 1. The van der Waals surface area contributed by atoms with Crippen molar-refractivity contribution in [2.45, 2.75) is 19.2 Å². The molecular formula is C13H11BrCl2S. The van der Waals surface area contributed by atoms with Gasteiger partial charge in [-0.2, -0.15) is 0 Å². The summed E-state index contributed by atoms with van der Waals surface area (Å²) in [5, 5.41) is -0.136. The van der Waals surface area contributed by atoms with E-state index in [2.05, 4.69) is 48.0 Å². The van der Waals surface area contributed by atoms with Gasteiger partial charge in [-0.25, -0.2) is 0 Å². The van der Waals surface area contributed by atoms with Crippen LogP contribution in [0, 0.1) is 13.8 Å². The van der Waals surface area contributed by atoms with Crippen molar-refractivity contribution in [1.29, 1.82) is 0 Å². The molecule has 1 aromatic heterocycles. The lowest BCUT2D eigenvalue weighted by Gasteiger charge is -2.09. The van der Waals surface area contributed by atoms with Gasteiger partial charge in [0.25, 0.3) is 0 Å². The van der Waals surface area contributed by atoms with Gasteiger partial charge in [0.05, 0.1) is 5.38 Å². The van der Waals surface area contributed by atoms with Crippen LogP contribution in [0.4, 0.5) is 0 Å². The molecule has 0 fully saturated rings. The first-order valence-corrected chi connectivity index (χ1v) is 7.57. The second-order valence-electron chi connectivity index (χ2n) is 3.98. The summed E-state index contributed by atoms with van der Waals surface area (Å²) in [7, 11) is 0. The average molecular weight is 350 g/mol. The SMILES string of the molecule is Cc1ccc(C(Cl)c2cc(Br)c(Cl)s2)cc1C. The largest absolute Gasteiger partial charge is 0.125 e. The predicted octanol–water partition coefficient (Wildman–Crippen LogP) is 6.11. The lowest BCUT2D eigenvalue weighted by atomic mass is 10.0. The second kappa shape index (κ2) is 5.31. The van der Waals surface area contributed by atoms with Crippen molar-refractivity contribution in [3.8, 4) is 0 Å². The molecule has 2 rings (SSSR count). The third kappa shape index (κ3) is 2.87. The lowest BCUT2D eigenvalue weighted by Crippen LogP contribution is -1.92. The highest BCUT2D eigenvalue weighted by atomic mass is 79.9. The highest BCUT2D eigenvalue weighted by molar-refractivity contribution is 9.10. The Bertz CT molecular complexity index is 529. The third-order valence-electron chi connectivity index (χ3n) is 2.74. The Balaban J connectivity index is 2.36. The summed E-state index contributed by atoms with van der Waals surface area (Å²) in [6.07, 6.45) is 0. The van der Waals surface area contributed by atoms with Gasteiger partial charge in [-0.3, -0.25) is 0 Å². The van der Waals surface area contributed by atoms with Gasteiger partial charge in [0.2, 0.25) is 0 Å². The highest BCUT2D eigenvalue weighted by Crippen LogP contribution is 2.40. The number of hydrogen-bond donors (Lipinski definition) is 0. The van der Waals surface area contributed by atoms with Crippen molar-refractivity contribution >= 4 is 50.5 Å². The first kappa shape index (κ1) is 13.4. The van der Waals surface area contributed by atoms with Gasteiger partial charge in [-0.1, -0.05) is 29.8 Å². The molecule has 1 unspecified atom stereocenters. The summed E-state index contributed by atoms with van der Waals surface area (Å²) in [6, 6.07) is 8.29. The van der Waals surface area contributed by atoms with Crippen molar-refractivity contribution in [2.24, 2.45) is 0 Å². The quantitative estimate of drug-likeness (QED) is 0.574. The number of halogens is 3. The monoisotopic (exact) mass is 348 g/mol. The van der Waals surface area contributed by atoms with Gasteiger partial charge < -0.3 is 0 Å². The minimum atomic E-state index is -0.136. The summed E-state index contributed by atoms with van der Waals surface area (Å²) in [4.78, 5) is 1.06. The van der Waals surface area contributed by atoms with Gasteiger partial charge in [0.1, 0.15) is 4.34 Å². The summed E-state index contributed by atoms with van der Waals surface area (Å²) < 4.78 is 1.66. The van der Waals surface area contributed by atoms with E-state index in [9.17, 15) is 0 Å². The van der Waals surface area contributed by atoms with Gasteiger partial charge in [0.15, 0.2) is 0 Å². The van der Waals surface area contributed by atoms with Crippen molar-refractivity contribution in [2.75, 3.05) is 0 Å². The van der Waals surface area contributed by atoms with E-state index in [4.69, 9.17) is 23.2 Å². The van der Waals surface area contributed by atoms with Crippen LogP contribution in [-0.2, 0) is 0 Å². The Kier molecular flexibility index (Phi) is 4.19. The van der Waals surface area contributed by atoms with Gasteiger partial charge >= 0.3 is 0 Å². The van der Waals surface area contributed by atoms with E-state index >= 15 is 0 Å². The Hall–Kier alpha value is -0.0200. The molecule has 0 amide bonds. The van der Waals surface area contributed by atoms with Crippen molar-refractivity contribution in [3.63, 3.8) is 0 Å². The molecule has 1 heterocycles. The van der Waals surface area contributed by atoms with Crippen LogP contribution in [0.5, 0.6) is 0 Å². The van der Waals surface area contributed by atoms with Gasteiger partial charge in [-0.05, 0) is 52.5 Å². The summed E-state index contributed by atoms with van der Waals surface area (Å²) in [6.45, 7) is 4.20. The van der Waals surface area contributed by atoms with Crippen LogP contribution in [0.2, 0.25) is 4.34 Å². The maximum atomic E-state index is 6.47. The molecule has 2 aromatic rings. The summed E-state index contributed by atoms with van der Waals surface area (Å²) >= 11 is 17.4. The number of aryl methyl sites for hydroxylation is 2. The highest BCUT2D eigenvalue weighted by Gasteiger charge is 2.15. The number of rotatable bonds is 2. The Morgan fingerprint density at radius 1 is 1.18 bits per heavy atom. The Labute approximate surface area is 124 Å². The van der Waals surface area contributed by atoms with Crippen molar-refractivity contribution in [3.05, 3.63) is 54.6 Å². The fraction of sp³-hybridized carbons (Fsp3) is 0.231. The summed E-state index contributed by atoms with van der Waals surface area (Å²) in [5.41, 5.74) is 3.65. The van der Waals surface area contributed by atoms with Crippen LogP contribution < -0.4 is 0 Å². The van der Waals surface area contributed by atoms with Crippen LogP contribution in [0.3, 0.4) is 0 Å². The number of thiophene rings is 1. The minimum Gasteiger partial charge on any atom is -0.125 e. The molecule has 0 spiro atoms. The molecule has 0 radical (unpaired) electrons. The van der Waals surface area contributed by atoms with E-state index in [1.807, 2.05) is 6.07 Å². The molecule has 1 aromatic carbocycles. The molecule has 0 nitrogen and oxygen atoms in total. The summed E-state index contributed by atoms with van der Waals surface area (Å²) in [5.74, 6) is 0. The van der Waals surface area contributed by atoms with Crippen molar-refractivity contribution < 1.29 is 0 Å². The molecule has 0 bridgehead atoms. The van der Waals surface area contributed by atoms with E-state index in [1.54, 1.807) is 0 Å². The molecule has 0 aliphatic rings. The van der Waals surface area contributed by atoms with Crippen LogP contribution in [0.15, 0.2) is 28.7 Å². The smallest absolute Gasteiger partial charge is 0.107 e. The molecular weight excluding hydrogens is 339 g/mol. The molecule has 0 aliphatic heterocycles. The van der Waals surface area contributed by atoms with E-state index in [0.29, 0.717) is 0 Å². The van der Waals surface area contributed by atoms with E-state index < -0.39 is 0 Å². The first-order valence-electron chi connectivity index (χ1n) is 5.15. The van der Waals surface area contributed by atoms with Crippen LogP contribution in [0.25, 0.3) is 0 Å². The fourth-order valence-corrected chi connectivity index (χ4v) is 3.65. The molecule has 17 heavy (non-hydrogen) atoms. The number of hydrogen-bond acceptors (Lipinski definition) is 1. The fourth-order valence-electron chi connectivity index (χ4n) is 1.57. The Morgan fingerprint density at radius 2 is 1.88 bits per heavy atom. The van der Waals surface area contributed by atoms with Crippen LogP contribution in [0.1, 0.15) is 26.9 Å². The maximum Gasteiger partial charge on any atom is 0.107 e. The lowest BCUT2D eigenvalue weighted by molar-refractivity contribution is 1.16. The molecule has 0 aliphatic carbocycles. The average Bonchev–Trinajstić information content (AvgIpc) is 2.62. The zero-order valence-corrected chi connectivity index (χ0v) is 13.3. The molecule has 0 saturated heterocycles. The topological polar surface area (TPSA) is 0 Å². The van der Waals surface area contributed by atoms with Crippen molar-refractivity contribution in [1.82, 2.24) is 0 Å².